The number of piperazine rings is 1. The van der Waals surface area contributed by atoms with Gasteiger partial charge in [-0.05, 0) is 18.6 Å². The van der Waals surface area contributed by atoms with Gasteiger partial charge in [0, 0.05) is 45.6 Å². The smallest absolute Gasteiger partial charge is 0.261 e. The molecule has 0 N–H and O–H groups in total. The highest BCUT2D eigenvalue weighted by molar-refractivity contribution is 6.21. The summed E-state index contributed by atoms with van der Waals surface area (Å²) < 4.78 is 0. The van der Waals surface area contributed by atoms with Crippen molar-refractivity contribution in [1.82, 2.24) is 14.7 Å². The van der Waals surface area contributed by atoms with Gasteiger partial charge in [0.15, 0.2) is 0 Å². The fraction of sp³-hybridized carbons (Fsp3) is 0.474. The Morgan fingerprint density at radius 1 is 0.846 bits per heavy atom. The number of rotatable bonds is 5. The summed E-state index contributed by atoms with van der Waals surface area (Å²) >= 11 is 0. The molecular formula is C19H23N3O4. The SMILES string of the molecule is CCCC(=O)N1CCN(C(=O)CCN2C(=O)c3ccccc3C2=O)CC1. The van der Waals surface area contributed by atoms with E-state index < -0.39 is 0 Å². The van der Waals surface area contributed by atoms with Crippen LogP contribution in [0.5, 0.6) is 0 Å². The van der Waals surface area contributed by atoms with Gasteiger partial charge in [-0.2, -0.15) is 0 Å². The Morgan fingerprint density at radius 2 is 1.31 bits per heavy atom. The van der Waals surface area contributed by atoms with Crippen molar-refractivity contribution in [3.05, 3.63) is 35.4 Å². The first-order valence-corrected chi connectivity index (χ1v) is 9.03. The molecule has 1 saturated heterocycles. The predicted octanol–water partition coefficient (Wildman–Crippen LogP) is 1.14. The topological polar surface area (TPSA) is 78.0 Å². The van der Waals surface area contributed by atoms with Crippen molar-refractivity contribution in [2.75, 3.05) is 32.7 Å². The van der Waals surface area contributed by atoms with Crippen molar-refractivity contribution in [1.29, 1.82) is 0 Å². The molecule has 0 bridgehead atoms. The largest absolute Gasteiger partial charge is 0.339 e. The van der Waals surface area contributed by atoms with Gasteiger partial charge in [-0.3, -0.25) is 24.1 Å². The highest BCUT2D eigenvalue weighted by atomic mass is 16.2. The molecule has 3 rings (SSSR count). The lowest BCUT2D eigenvalue weighted by atomic mass is 10.1. The number of hydrogen-bond donors (Lipinski definition) is 0. The lowest BCUT2D eigenvalue weighted by Gasteiger charge is -2.35. The monoisotopic (exact) mass is 357 g/mol. The second-order valence-electron chi connectivity index (χ2n) is 6.57. The van der Waals surface area contributed by atoms with E-state index in [9.17, 15) is 19.2 Å². The molecule has 1 aromatic carbocycles. The van der Waals surface area contributed by atoms with Gasteiger partial charge < -0.3 is 9.80 Å². The number of benzene rings is 1. The number of hydrogen-bond acceptors (Lipinski definition) is 4. The molecule has 0 atom stereocenters. The quantitative estimate of drug-likeness (QED) is 0.741. The molecular weight excluding hydrogens is 334 g/mol. The van der Waals surface area contributed by atoms with E-state index >= 15 is 0 Å². The lowest BCUT2D eigenvalue weighted by Crippen LogP contribution is -2.51. The highest BCUT2D eigenvalue weighted by Crippen LogP contribution is 2.22. The number of carbonyl (C=O) groups excluding carboxylic acids is 4. The number of amides is 4. The molecule has 1 fully saturated rings. The van der Waals surface area contributed by atoms with Crippen LogP contribution < -0.4 is 0 Å². The van der Waals surface area contributed by atoms with Crippen LogP contribution in [0, 0.1) is 0 Å². The molecule has 0 radical (unpaired) electrons. The standard InChI is InChI=1S/C19H23N3O4/c1-2-5-16(23)20-10-12-21(13-11-20)17(24)8-9-22-18(25)14-6-3-4-7-15(14)19(22)26/h3-4,6-7H,2,5,8-13H2,1H3. The van der Waals surface area contributed by atoms with E-state index in [1.165, 1.54) is 0 Å². The average Bonchev–Trinajstić information content (AvgIpc) is 2.91. The van der Waals surface area contributed by atoms with Crippen LogP contribution in [0.2, 0.25) is 0 Å². The van der Waals surface area contributed by atoms with Crippen molar-refractivity contribution in [3.63, 3.8) is 0 Å². The fourth-order valence-electron chi connectivity index (χ4n) is 3.39. The molecule has 4 amide bonds. The molecule has 0 unspecified atom stereocenters. The number of imide groups is 1. The van der Waals surface area contributed by atoms with E-state index in [4.69, 9.17) is 0 Å². The van der Waals surface area contributed by atoms with Crippen molar-refractivity contribution < 1.29 is 19.2 Å². The molecule has 26 heavy (non-hydrogen) atoms. The lowest BCUT2D eigenvalue weighted by molar-refractivity contribution is -0.139. The summed E-state index contributed by atoms with van der Waals surface area (Å²) in [4.78, 5) is 53.6. The molecule has 138 valence electrons. The normalized spacial score (nSPS) is 16.9. The van der Waals surface area contributed by atoms with Crippen molar-refractivity contribution in [3.8, 4) is 0 Å². The summed E-state index contributed by atoms with van der Waals surface area (Å²) in [5.41, 5.74) is 0.793. The zero-order valence-corrected chi connectivity index (χ0v) is 14.9. The Bertz CT molecular complexity index is 703. The van der Waals surface area contributed by atoms with Gasteiger partial charge >= 0.3 is 0 Å². The van der Waals surface area contributed by atoms with Gasteiger partial charge in [0.2, 0.25) is 11.8 Å². The molecule has 0 spiro atoms. The third-order valence-corrected chi connectivity index (χ3v) is 4.88. The highest BCUT2D eigenvalue weighted by Gasteiger charge is 2.35. The molecule has 2 aliphatic heterocycles. The van der Waals surface area contributed by atoms with Crippen LogP contribution in [0.4, 0.5) is 0 Å². The van der Waals surface area contributed by atoms with E-state index in [0.29, 0.717) is 43.7 Å². The van der Waals surface area contributed by atoms with Gasteiger partial charge in [-0.25, -0.2) is 0 Å². The molecule has 2 aliphatic rings. The van der Waals surface area contributed by atoms with Crippen molar-refractivity contribution in [2.24, 2.45) is 0 Å². The first kappa shape index (κ1) is 18.1. The van der Waals surface area contributed by atoms with Crippen LogP contribution in [-0.2, 0) is 9.59 Å². The van der Waals surface area contributed by atoms with Crippen molar-refractivity contribution in [2.45, 2.75) is 26.2 Å². The Balaban J connectivity index is 1.51. The third-order valence-electron chi connectivity index (χ3n) is 4.88. The van der Waals surface area contributed by atoms with Crippen LogP contribution in [0.25, 0.3) is 0 Å². The van der Waals surface area contributed by atoms with Crippen LogP contribution in [0.15, 0.2) is 24.3 Å². The molecule has 7 heteroatoms. The molecule has 0 aromatic heterocycles. The Hall–Kier alpha value is -2.70. The summed E-state index contributed by atoms with van der Waals surface area (Å²) in [6.45, 7) is 4.12. The zero-order chi connectivity index (χ0) is 18.7. The van der Waals surface area contributed by atoms with E-state index in [1.807, 2.05) is 6.92 Å². The Labute approximate surface area is 152 Å². The number of fused-ring (bicyclic) bond motifs is 1. The molecule has 0 aliphatic carbocycles. The van der Waals surface area contributed by atoms with Crippen molar-refractivity contribution >= 4 is 23.6 Å². The second-order valence-corrected chi connectivity index (χ2v) is 6.57. The minimum absolute atomic E-state index is 0.0835. The second kappa shape index (κ2) is 7.68. The fourth-order valence-corrected chi connectivity index (χ4v) is 3.39. The van der Waals surface area contributed by atoms with Crippen LogP contribution in [-0.4, -0.2) is 71.1 Å². The molecule has 7 nitrogen and oxygen atoms in total. The summed E-state index contributed by atoms with van der Waals surface area (Å²) in [6.07, 6.45) is 1.46. The molecule has 2 heterocycles. The summed E-state index contributed by atoms with van der Waals surface area (Å²) in [7, 11) is 0. The van der Waals surface area contributed by atoms with E-state index in [0.717, 1.165) is 11.3 Å². The van der Waals surface area contributed by atoms with Gasteiger partial charge in [-0.15, -0.1) is 0 Å². The van der Waals surface area contributed by atoms with E-state index in [-0.39, 0.29) is 36.6 Å². The maximum atomic E-state index is 12.4. The van der Waals surface area contributed by atoms with Crippen LogP contribution in [0.1, 0.15) is 46.9 Å². The Morgan fingerprint density at radius 3 is 1.77 bits per heavy atom. The average molecular weight is 357 g/mol. The van der Waals surface area contributed by atoms with Gasteiger partial charge in [0.05, 0.1) is 11.1 Å². The number of carbonyl (C=O) groups is 4. The first-order valence-electron chi connectivity index (χ1n) is 9.03. The number of nitrogens with zero attached hydrogens (tertiary/aromatic N) is 3. The minimum Gasteiger partial charge on any atom is -0.339 e. The first-order chi connectivity index (χ1) is 12.5. The van der Waals surface area contributed by atoms with Crippen LogP contribution in [0.3, 0.4) is 0 Å². The Kier molecular flexibility index (Phi) is 5.35. The van der Waals surface area contributed by atoms with Gasteiger partial charge in [-0.1, -0.05) is 19.1 Å². The maximum Gasteiger partial charge on any atom is 0.261 e. The van der Waals surface area contributed by atoms with Gasteiger partial charge in [0.1, 0.15) is 0 Å². The molecule has 1 aromatic rings. The molecule has 0 saturated carbocycles. The van der Waals surface area contributed by atoms with Gasteiger partial charge in [0.25, 0.3) is 11.8 Å². The van der Waals surface area contributed by atoms with Crippen LogP contribution >= 0.6 is 0 Å². The third kappa shape index (κ3) is 3.47. The zero-order valence-electron chi connectivity index (χ0n) is 14.9. The minimum atomic E-state index is -0.339. The summed E-state index contributed by atoms with van der Waals surface area (Å²) in [5.74, 6) is -0.642. The predicted molar refractivity (Wildman–Crippen MR) is 94.5 cm³/mol. The van der Waals surface area contributed by atoms with E-state index in [2.05, 4.69) is 0 Å². The maximum absolute atomic E-state index is 12.4. The summed E-state index contributed by atoms with van der Waals surface area (Å²) in [6, 6.07) is 6.70. The van der Waals surface area contributed by atoms with E-state index in [1.54, 1.807) is 34.1 Å². The summed E-state index contributed by atoms with van der Waals surface area (Å²) in [5, 5.41) is 0.